The van der Waals surface area contributed by atoms with Gasteiger partial charge in [0, 0.05) is 62.0 Å². The van der Waals surface area contributed by atoms with Crippen molar-refractivity contribution in [3.63, 3.8) is 0 Å². The zero-order valence-corrected chi connectivity index (χ0v) is 22.1. The number of nitrogens with zero attached hydrogens (tertiary/aromatic N) is 7. The van der Waals surface area contributed by atoms with Gasteiger partial charge in [-0.3, -0.25) is 19.8 Å². The summed E-state index contributed by atoms with van der Waals surface area (Å²) in [5, 5.41) is 17.3. The lowest BCUT2D eigenvalue weighted by atomic mass is 9.89. The second kappa shape index (κ2) is 10.6. The third kappa shape index (κ3) is 4.84. The van der Waals surface area contributed by atoms with Crippen LogP contribution < -0.4 is 0 Å². The number of H-pyrrole nitrogens is 1. The van der Waals surface area contributed by atoms with Crippen molar-refractivity contribution in [1.82, 2.24) is 40.0 Å². The number of amides is 1. The molecule has 0 bridgehead atoms. The van der Waals surface area contributed by atoms with Gasteiger partial charge in [-0.25, -0.2) is 13.5 Å². The van der Waals surface area contributed by atoms with Crippen LogP contribution in [0, 0.1) is 11.6 Å². The van der Waals surface area contributed by atoms with Crippen molar-refractivity contribution < 1.29 is 13.6 Å². The van der Waals surface area contributed by atoms with Crippen LogP contribution in [0.3, 0.4) is 0 Å². The minimum Gasteiger partial charge on any atom is -0.347 e. The zero-order chi connectivity index (χ0) is 27.8. The van der Waals surface area contributed by atoms with Crippen molar-refractivity contribution >= 4 is 16.8 Å². The predicted octanol–water partition coefficient (Wildman–Crippen LogP) is 4.32. The molecule has 0 spiro atoms. The molecule has 1 aliphatic rings. The fourth-order valence-corrected chi connectivity index (χ4v) is 5.39. The third-order valence-electron chi connectivity index (χ3n) is 7.53. The number of likely N-dealkylation sites (tertiary alicyclic amines) is 1. The molecule has 1 amide bonds. The van der Waals surface area contributed by atoms with Crippen LogP contribution in [-0.4, -0.2) is 72.6 Å². The van der Waals surface area contributed by atoms with E-state index in [0.717, 1.165) is 33.5 Å². The first-order valence-corrected chi connectivity index (χ1v) is 13.1. The topological polar surface area (TPSA) is 95.8 Å². The van der Waals surface area contributed by atoms with Gasteiger partial charge in [-0.05, 0) is 55.3 Å². The maximum absolute atomic E-state index is 14.5. The Morgan fingerprint density at radius 2 is 1.85 bits per heavy atom. The Labute approximate surface area is 229 Å². The largest absolute Gasteiger partial charge is 0.347 e. The highest BCUT2D eigenvalue weighted by Crippen LogP contribution is 2.33. The number of pyridine rings is 1. The Hall–Kier alpha value is -4.51. The fourth-order valence-electron chi connectivity index (χ4n) is 5.39. The number of carbonyl (C=O) groups is 1. The van der Waals surface area contributed by atoms with Gasteiger partial charge in [-0.15, -0.1) is 5.10 Å². The van der Waals surface area contributed by atoms with E-state index in [4.69, 9.17) is 0 Å². The van der Waals surface area contributed by atoms with Crippen molar-refractivity contribution in [3.8, 4) is 16.9 Å². The average Bonchev–Trinajstić information content (AvgIpc) is 3.63. The zero-order valence-electron chi connectivity index (χ0n) is 22.1. The van der Waals surface area contributed by atoms with Gasteiger partial charge in [0.1, 0.15) is 17.3 Å². The molecule has 4 heterocycles. The molecule has 0 radical (unpaired) electrons. The maximum atomic E-state index is 14.5. The molecule has 0 saturated carbocycles. The molecule has 2 atom stereocenters. The fraction of sp³-hybridized carbons (Fsp3) is 0.276. The highest BCUT2D eigenvalue weighted by molar-refractivity contribution is 5.94. The summed E-state index contributed by atoms with van der Waals surface area (Å²) in [4.78, 5) is 20.4. The van der Waals surface area contributed by atoms with E-state index in [1.165, 1.54) is 23.1 Å². The molecule has 1 fully saturated rings. The molecule has 1 N–H and O–H groups in total. The molecular formula is C29H28F2N8O. The third-order valence-corrected chi connectivity index (χ3v) is 7.53. The molecule has 11 heteroatoms. The number of aromatic amines is 1. The molecule has 1 saturated heterocycles. The molecule has 40 heavy (non-hydrogen) atoms. The van der Waals surface area contributed by atoms with Gasteiger partial charge in [0.15, 0.2) is 0 Å². The maximum Gasteiger partial charge on any atom is 0.239 e. The van der Waals surface area contributed by atoms with Crippen molar-refractivity contribution in [2.45, 2.75) is 31.3 Å². The Morgan fingerprint density at radius 1 is 1.07 bits per heavy atom. The Kier molecular flexibility index (Phi) is 6.81. The van der Waals surface area contributed by atoms with Crippen LogP contribution in [0.5, 0.6) is 0 Å². The Morgan fingerprint density at radius 3 is 2.60 bits per heavy atom. The van der Waals surface area contributed by atoms with E-state index in [2.05, 4.69) is 25.5 Å². The molecule has 2 unspecified atom stereocenters. The highest BCUT2D eigenvalue weighted by atomic mass is 19.1. The summed E-state index contributed by atoms with van der Waals surface area (Å²) >= 11 is 0. The van der Waals surface area contributed by atoms with E-state index in [9.17, 15) is 13.6 Å². The van der Waals surface area contributed by atoms with Gasteiger partial charge in [-0.2, -0.15) is 5.10 Å². The number of fused-ring (bicyclic) bond motifs is 1. The summed E-state index contributed by atoms with van der Waals surface area (Å²) in [6.07, 6.45) is 6.59. The molecule has 2 aromatic carbocycles. The number of likely N-dealkylation sites (N-methyl/N-ethyl adjacent to an activating group) is 1. The second-order valence-corrected chi connectivity index (χ2v) is 10.3. The number of piperidine rings is 1. The lowest BCUT2D eigenvalue weighted by Gasteiger charge is -2.39. The second-order valence-electron chi connectivity index (χ2n) is 10.3. The molecule has 0 aliphatic carbocycles. The molecule has 3 aromatic heterocycles. The minimum atomic E-state index is -0.620. The molecule has 6 rings (SSSR count). The van der Waals surface area contributed by atoms with E-state index in [-0.39, 0.29) is 23.9 Å². The molecule has 9 nitrogen and oxygen atoms in total. The number of hydrogen-bond acceptors (Lipinski definition) is 6. The number of halogens is 2. The van der Waals surface area contributed by atoms with Crippen LogP contribution in [0.2, 0.25) is 0 Å². The molecule has 5 aromatic rings. The molecular weight excluding hydrogens is 514 g/mol. The van der Waals surface area contributed by atoms with Crippen LogP contribution in [0.25, 0.3) is 27.8 Å². The number of hydrogen-bond donors (Lipinski definition) is 1. The van der Waals surface area contributed by atoms with E-state index < -0.39 is 17.7 Å². The minimum absolute atomic E-state index is 0.0116. The summed E-state index contributed by atoms with van der Waals surface area (Å²) in [5.74, 6) is -1.38. The number of benzene rings is 2. The normalized spacial score (nSPS) is 17.8. The van der Waals surface area contributed by atoms with Crippen LogP contribution in [0.15, 0.2) is 67.1 Å². The van der Waals surface area contributed by atoms with Crippen LogP contribution in [0.1, 0.15) is 30.0 Å². The number of rotatable bonds is 6. The van der Waals surface area contributed by atoms with E-state index in [0.29, 0.717) is 19.4 Å². The van der Waals surface area contributed by atoms with Crippen molar-refractivity contribution in [2.24, 2.45) is 0 Å². The number of carbonyl (C=O) groups excluding carboxylic acids is 1. The SMILES string of the molecule is CN(C)C(=O)C1CCC(c2cn(-c3ccc4[nH]nc(-c5ccncc5)c4c3)nn2)CN1Cc1c(F)cccc1F. The predicted molar refractivity (Wildman–Crippen MR) is 145 cm³/mol. The standard InChI is InChI=1S/C29H28F2N8O/c1-37(2)29(40)27-9-6-19(15-38(27)16-22-23(30)4-3-5-24(22)31)26-17-39(36-34-26)20-7-8-25-21(14-20)28(35-33-25)18-10-12-32-13-11-18/h3-5,7-8,10-14,17,19,27H,6,9,15-16H2,1-2H3,(H,33,35). The summed E-state index contributed by atoms with van der Waals surface area (Å²) in [7, 11) is 3.39. The average molecular weight is 543 g/mol. The van der Waals surface area contributed by atoms with E-state index in [1.807, 2.05) is 41.4 Å². The van der Waals surface area contributed by atoms with Gasteiger partial charge >= 0.3 is 0 Å². The summed E-state index contributed by atoms with van der Waals surface area (Å²) < 4.78 is 30.8. The smallest absolute Gasteiger partial charge is 0.239 e. The van der Waals surface area contributed by atoms with Crippen molar-refractivity contribution in [1.29, 1.82) is 0 Å². The number of nitrogens with one attached hydrogen (secondary N) is 1. The molecule has 1 aliphatic heterocycles. The van der Waals surface area contributed by atoms with E-state index >= 15 is 0 Å². The van der Waals surface area contributed by atoms with Crippen LogP contribution in [-0.2, 0) is 11.3 Å². The van der Waals surface area contributed by atoms with Gasteiger partial charge in [0.05, 0.1) is 29.1 Å². The van der Waals surface area contributed by atoms with Crippen molar-refractivity contribution in [3.05, 3.63) is 90.0 Å². The van der Waals surface area contributed by atoms with Crippen LogP contribution >= 0.6 is 0 Å². The van der Waals surface area contributed by atoms with E-state index in [1.54, 1.807) is 31.2 Å². The van der Waals surface area contributed by atoms with Gasteiger partial charge < -0.3 is 4.90 Å². The first-order valence-electron chi connectivity index (χ1n) is 13.1. The lowest BCUT2D eigenvalue weighted by molar-refractivity contribution is -0.136. The monoisotopic (exact) mass is 542 g/mol. The first-order chi connectivity index (χ1) is 19.4. The summed E-state index contributed by atoms with van der Waals surface area (Å²) in [5.41, 5.74) is 4.21. The quantitative estimate of drug-likeness (QED) is 0.343. The number of aromatic nitrogens is 6. The van der Waals surface area contributed by atoms with Crippen LogP contribution in [0.4, 0.5) is 8.78 Å². The first kappa shape index (κ1) is 25.8. The van der Waals surface area contributed by atoms with Gasteiger partial charge in [-0.1, -0.05) is 11.3 Å². The van der Waals surface area contributed by atoms with Gasteiger partial charge in [0.25, 0.3) is 0 Å². The summed E-state index contributed by atoms with van der Waals surface area (Å²) in [6, 6.07) is 13.1. The lowest BCUT2D eigenvalue weighted by Crippen LogP contribution is -2.50. The highest BCUT2D eigenvalue weighted by Gasteiger charge is 2.36. The summed E-state index contributed by atoms with van der Waals surface area (Å²) in [6.45, 7) is 0.409. The van der Waals surface area contributed by atoms with Crippen molar-refractivity contribution in [2.75, 3.05) is 20.6 Å². The van der Waals surface area contributed by atoms with Gasteiger partial charge in [0.2, 0.25) is 5.91 Å². The molecule has 204 valence electrons. The Bertz CT molecular complexity index is 1650. The Balaban J connectivity index is 1.27.